The molecule has 3 heteroatoms. The van der Waals surface area contributed by atoms with Crippen molar-refractivity contribution in [1.29, 1.82) is 0 Å². The van der Waals surface area contributed by atoms with Crippen molar-refractivity contribution >= 4 is 11.6 Å². The van der Waals surface area contributed by atoms with Gasteiger partial charge in [-0.2, -0.15) is 0 Å². The van der Waals surface area contributed by atoms with E-state index in [-0.39, 0.29) is 11.3 Å². The Kier molecular flexibility index (Phi) is 3.52. The van der Waals surface area contributed by atoms with E-state index in [2.05, 4.69) is 5.32 Å². The zero-order valence-electron chi connectivity index (χ0n) is 12.2. The minimum Gasteiger partial charge on any atom is -0.326 e. The molecule has 0 spiro atoms. The molecule has 2 aromatic carbocycles. The second-order valence-electron chi connectivity index (χ2n) is 5.76. The Balaban J connectivity index is 1.84. The topological polar surface area (TPSA) is 55.1 Å². The number of hydrogen-bond acceptors (Lipinski definition) is 2. The minimum absolute atomic E-state index is 0.0889. The zero-order valence-corrected chi connectivity index (χ0v) is 12.2. The molecule has 2 aromatic rings. The van der Waals surface area contributed by atoms with Gasteiger partial charge in [0.2, 0.25) is 5.91 Å². The van der Waals surface area contributed by atoms with Crippen molar-refractivity contribution in [3.8, 4) is 0 Å². The van der Waals surface area contributed by atoms with Gasteiger partial charge >= 0.3 is 0 Å². The summed E-state index contributed by atoms with van der Waals surface area (Å²) >= 11 is 0. The van der Waals surface area contributed by atoms with E-state index < -0.39 is 0 Å². The van der Waals surface area contributed by atoms with Crippen molar-refractivity contribution in [1.82, 2.24) is 0 Å². The van der Waals surface area contributed by atoms with Gasteiger partial charge in [-0.15, -0.1) is 0 Å². The van der Waals surface area contributed by atoms with Gasteiger partial charge in [-0.3, -0.25) is 4.79 Å². The number of rotatable bonds is 4. The van der Waals surface area contributed by atoms with Gasteiger partial charge in [0.05, 0.1) is 5.41 Å². The van der Waals surface area contributed by atoms with Gasteiger partial charge in [0.1, 0.15) is 0 Å². The highest BCUT2D eigenvalue weighted by Gasteiger charge is 2.51. The zero-order chi connectivity index (χ0) is 14.9. The van der Waals surface area contributed by atoms with E-state index in [9.17, 15) is 4.79 Å². The molecule has 0 radical (unpaired) electrons. The van der Waals surface area contributed by atoms with Gasteiger partial charge in [0.15, 0.2) is 0 Å². The Morgan fingerprint density at radius 2 is 1.90 bits per heavy atom. The molecule has 0 aromatic heterocycles. The molecule has 1 aliphatic rings. The van der Waals surface area contributed by atoms with E-state index >= 15 is 0 Å². The Bertz CT molecular complexity index is 660. The highest BCUT2D eigenvalue weighted by Crippen LogP contribution is 2.49. The molecule has 1 amide bonds. The summed E-state index contributed by atoms with van der Waals surface area (Å²) in [5.74, 6) is 0.0889. The normalized spacial score (nSPS) is 15.5. The molecule has 21 heavy (non-hydrogen) atoms. The third-order valence-electron chi connectivity index (χ3n) is 4.30. The van der Waals surface area contributed by atoms with Crippen LogP contribution < -0.4 is 11.1 Å². The second kappa shape index (κ2) is 5.34. The van der Waals surface area contributed by atoms with Gasteiger partial charge in [-0.05, 0) is 42.5 Å². The lowest BCUT2D eigenvalue weighted by Crippen LogP contribution is -2.28. The summed E-state index contributed by atoms with van der Waals surface area (Å²) < 4.78 is 0. The van der Waals surface area contributed by atoms with E-state index in [1.165, 1.54) is 0 Å². The molecular weight excluding hydrogens is 260 g/mol. The third-order valence-corrected chi connectivity index (χ3v) is 4.30. The smallest absolute Gasteiger partial charge is 0.235 e. The lowest BCUT2D eigenvalue weighted by molar-refractivity contribution is -0.118. The van der Waals surface area contributed by atoms with Crippen LogP contribution in [0.25, 0.3) is 0 Å². The number of hydrogen-bond donors (Lipinski definition) is 2. The summed E-state index contributed by atoms with van der Waals surface area (Å²) in [5.41, 5.74) is 9.40. The number of carbonyl (C=O) groups excluding carboxylic acids is 1. The summed E-state index contributed by atoms with van der Waals surface area (Å²) in [6.45, 7) is 2.48. The van der Waals surface area contributed by atoms with Gasteiger partial charge in [-0.1, -0.05) is 42.5 Å². The summed E-state index contributed by atoms with van der Waals surface area (Å²) in [4.78, 5) is 12.7. The average Bonchev–Trinajstić information content (AvgIpc) is 3.32. The number of nitrogens with two attached hydrogens (primary N) is 1. The number of carbonyl (C=O) groups is 1. The van der Waals surface area contributed by atoms with Crippen molar-refractivity contribution in [2.24, 2.45) is 5.73 Å². The van der Waals surface area contributed by atoms with Crippen LogP contribution in [0.1, 0.15) is 29.5 Å². The van der Waals surface area contributed by atoms with Crippen LogP contribution in [-0.2, 0) is 16.8 Å². The monoisotopic (exact) mass is 280 g/mol. The van der Waals surface area contributed by atoms with Crippen LogP contribution >= 0.6 is 0 Å². The maximum Gasteiger partial charge on any atom is 0.235 e. The van der Waals surface area contributed by atoms with Gasteiger partial charge in [0, 0.05) is 12.2 Å². The Morgan fingerprint density at radius 3 is 2.52 bits per heavy atom. The maximum absolute atomic E-state index is 12.7. The molecule has 3 rings (SSSR count). The highest BCUT2D eigenvalue weighted by atomic mass is 16.2. The first-order valence-electron chi connectivity index (χ1n) is 7.32. The van der Waals surface area contributed by atoms with Crippen LogP contribution in [0.2, 0.25) is 0 Å². The predicted octanol–water partition coefficient (Wildman–Crippen LogP) is 3.12. The minimum atomic E-state index is -0.341. The molecule has 1 fully saturated rings. The van der Waals surface area contributed by atoms with E-state index in [0.29, 0.717) is 6.54 Å². The molecule has 0 saturated heterocycles. The van der Waals surface area contributed by atoms with Gasteiger partial charge in [-0.25, -0.2) is 0 Å². The molecule has 1 saturated carbocycles. The number of nitrogens with one attached hydrogen (secondary N) is 1. The quantitative estimate of drug-likeness (QED) is 0.904. The fourth-order valence-electron chi connectivity index (χ4n) is 2.70. The van der Waals surface area contributed by atoms with Gasteiger partial charge in [0.25, 0.3) is 0 Å². The first-order valence-corrected chi connectivity index (χ1v) is 7.32. The third kappa shape index (κ3) is 2.57. The van der Waals surface area contributed by atoms with Crippen LogP contribution in [0, 0.1) is 6.92 Å². The van der Waals surface area contributed by atoms with Crippen molar-refractivity contribution in [3.63, 3.8) is 0 Å². The summed E-state index contributed by atoms with van der Waals surface area (Å²) in [5, 5.41) is 3.09. The molecular formula is C18H20N2O. The molecule has 0 unspecified atom stereocenters. The van der Waals surface area contributed by atoms with Gasteiger partial charge < -0.3 is 11.1 Å². The van der Waals surface area contributed by atoms with Crippen LogP contribution in [-0.4, -0.2) is 5.91 Å². The lowest BCUT2D eigenvalue weighted by atomic mass is 9.94. The van der Waals surface area contributed by atoms with E-state index in [1.54, 1.807) is 0 Å². The molecule has 1 aliphatic carbocycles. The molecule has 3 N–H and O–H groups in total. The van der Waals surface area contributed by atoms with Crippen molar-refractivity contribution in [3.05, 3.63) is 65.2 Å². The largest absolute Gasteiger partial charge is 0.326 e. The van der Waals surface area contributed by atoms with Crippen molar-refractivity contribution in [2.45, 2.75) is 31.7 Å². The first kappa shape index (κ1) is 13.8. The SMILES string of the molecule is Cc1ccc(CN)cc1NC(=O)C1(c2ccccc2)CC1. The molecule has 108 valence electrons. The summed E-state index contributed by atoms with van der Waals surface area (Å²) in [7, 11) is 0. The maximum atomic E-state index is 12.7. The number of aryl methyl sites for hydroxylation is 1. The van der Waals surface area contributed by atoms with Crippen molar-refractivity contribution < 1.29 is 4.79 Å². The van der Waals surface area contributed by atoms with E-state index in [0.717, 1.165) is 35.2 Å². The number of benzene rings is 2. The van der Waals surface area contributed by atoms with Crippen LogP contribution in [0.3, 0.4) is 0 Å². The lowest BCUT2D eigenvalue weighted by Gasteiger charge is -2.17. The molecule has 0 bridgehead atoms. The fraction of sp³-hybridized carbons (Fsp3) is 0.278. The van der Waals surface area contributed by atoms with Crippen LogP contribution in [0.4, 0.5) is 5.69 Å². The summed E-state index contributed by atoms with van der Waals surface area (Å²) in [6.07, 6.45) is 1.83. The number of anilines is 1. The van der Waals surface area contributed by atoms with E-state index in [1.807, 2.05) is 55.5 Å². The molecule has 0 heterocycles. The van der Waals surface area contributed by atoms with Crippen LogP contribution in [0.15, 0.2) is 48.5 Å². The van der Waals surface area contributed by atoms with Crippen molar-refractivity contribution in [2.75, 3.05) is 5.32 Å². The fourth-order valence-corrected chi connectivity index (χ4v) is 2.70. The van der Waals surface area contributed by atoms with E-state index in [4.69, 9.17) is 5.73 Å². The first-order chi connectivity index (χ1) is 10.2. The molecule has 3 nitrogen and oxygen atoms in total. The van der Waals surface area contributed by atoms with Crippen LogP contribution in [0.5, 0.6) is 0 Å². The second-order valence-corrected chi connectivity index (χ2v) is 5.76. The predicted molar refractivity (Wildman–Crippen MR) is 85.1 cm³/mol. The Morgan fingerprint density at radius 1 is 1.19 bits per heavy atom. The standard InChI is InChI=1S/C18H20N2O/c1-13-7-8-14(12-19)11-16(13)20-17(21)18(9-10-18)15-5-3-2-4-6-15/h2-8,11H,9-10,12,19H2,1H3,(H,20,21). The number of amides is 1. The molecule has 0 atom stereocenters. The summed E-state index contributed by atoms with van der Waals surface area (Å²) in [6, 6.07) is 16.0. The average molecular weight is 280 g/mol. The Hall–Kier alpha value is -2.13. The molecule has 0 aliphatic heterocycles. The Labute approximate surface area is 125 Å². The highest BCUT2D eigenvalue weighted by molar-refractivity contribution is 6.01.